The fraction of sp³-hybridized carbons (Fsp3) is 0.429. The molecule has 1 aromatic carbocycles. The number of pyridine rings is 2. The number of nitrogens with zero attached hydrogens (tertiary/aromatic N) is 7. The molecule has 2 amide bonds. The van der Waals surface area contributed by atoms with Gasteiger partial charge in [-0.15, -0.1) is 0 Å². The largest absolute Gasteiger partial charge is 0.497 e. The van der Waals surface area contributed by atoms with E-state index in [0.717, 1.165) is 33.1 Å². The van der Waals surface area contributed by atoms with Crippen LogP contribution < -0.4 is 19.5 Å². The Bertz CT molecular complexity index is 2020. The Morgan fingerprint density at radius 2 is 1.36 bits per heavy atom. The van der Waals surface area contributed by atoms with Crippen LogP contribution in [-0.2, 0) is 23.7 Å². The number of carbonyl (C=O) groups excluding carboxylic acids is 2. The lowest BCUT2D eigenvalue weighted by atomic mass is 10.0. The predicted octanol–water partition coefficient (Wildman–Crippen LogP) is 5.53. The number of nitrogens with one attached hydrogen (secondary N) is 1. The van der Waals surface area contributed by atoms with Gasteiger partial charge in [0, 0.05) is 76.4 Å². The van der Waals surface area contributed by atoms with E-state index in [0.29, 0.717) is 48.0 Å². The number of aryl methyl sites for hydroxylation is 2. The quantitative estimate of drug-likeness (QED) is 0.195. The Kier molecular flexibility index (Phi) is 10.4. The molecule has 0 saturated carbocycles. The molecule has 0 bridgehead atoms. The van der Waals surface area contributed by atoms with Crippen molar-refractivity contribution in [3.63, 3.8) is 0 Å². The highest BCUT2D eigenvalue weighted by Gasteiger charge is 2.37. The lowest BCUT2D eigenvalue weighted by Crippen LogP contribution is -2.31. The second-order valence-corrected chi connectivity index (χ2v) is 13.6. The number of methoxy groups -OCH3 is 1. The van der Waals surface area contributed by atoms with Crippen LogP contribution in [0, 0.1) is 11.8 Å². The molecule has 4 aromatic heterocycles. The number of ether oxygens (including phenoxy) is 3. The molecule has 0 unspecified atom stereocenters. The van der Waals surface area contributed by atoms with Crippen molar-refractivity contribution in [1.29, 1.82) is 0 Å². The number of benzene rings is 1. The topological polar surface area (TPSA) is 139 Å². The van der Waals surface area contributed by atoms with Crippen LogP contribution in [-0.4, -0.2) is 78.7 Å². The highest BCUT2D eigenvalue weighted by Crippen LogP contribution is 2.34. The van der Waals surface area contributed by atoms with E-state index in [2.05, 4.69) is 25.5 Å². The van der Waals surface area contributed by atoms with Crippen LogP contribution in [0.2, 0.25) is 10.3 Å². The molecule has 0 radical (unpaired) electrons. The van der Waals surface area contributed by atoms with Gasteiger partial charge in [0.1, 0.15) is 39.3 Å². The van der Waals surface area contributed by atoms with Gasteiger partial charge in [0.2, 0.25) is 23.6 Å². The Labute approximate surface area is 299 Å². The number of rotatable bonds is 9. The number of likely N-dealkylation sites (tertiary alicyclic amines) is 1. The van der Waals surface area contributed by atoms with Gasteiger partial charge >= 0.3 is 0 Å². The second kappa shape index (κ2) is 14.7. The summed E-state index contributed by atoms with van der Waals surface area (Å²) in [7, 11) is 5.32. The molecule has 2 aliphatic rings. The number of fused-ring (bicyclic) bond motifs is 2. The van der Waals surface area contributed by atoms with Gasteiger partial charge in [0.15, 0.2) is 0 Å². The van der Waals surface area contributed by atoms with Gasteiger partial charge in [-0.3, -0.25) is 19.0 Å². The maximum absolute atomic E-state index is 12.7. The Balaban J connectivity index is 0.000000187. The van der Waals surface area contributed by atoms with Crippen LogP contribution in [0.5, 0.6) is 17.5 Å². The highest BCUT2D eigenvalue weighted by molar-refractivity contribution is 6.30. The summed E-state index contributed by atoms with van der Waals surface area (Å²) in [4.78, 5) is 34.5. The minimum atomic E-state index is -0.198. The molecule has 0 aliphatic carbocycles. The van der Waals surface area contributed by atoms with E-state index in [-0.39, 0.29) is 41.9 Å². The van der Waals surface area contributed by atoms with Gasteiger partial charge in [-0.1, -0.05) is 35.3 Å². The molecule has 264 valence electrons. The molecule has 2 fully saturated rings. The molecule has 50 heavy (non-hydrogen) atoms. The molecule has 7 rings (SSSR count). The van der Waals surface area contributed by atoms with E-state index >= 15 is 0 Å². The van der Waals surface area contributed by atoms with Crippen LogP contribution in [0.3, 0.4) is 0 Å². The molecule has 6 heterocycles. The summed E-state index contributed by atoms with van der Waals surface area (Å²) >= 11 is 12.1. The summed E-state index contributed by atoms with van der Waals surface area (Å²) in [6.07, 6.45) is 4.31. The molecule has 5 aromatic rings. The second-order valence-electron chi connectivity index (χ2n) is 12.8. The number of hydrogen-bond donors (Lipinski definition) is 1. The maximum atomic E-state index is 12.7. The van der Waals surface area contributed by atoms with Crippen LogP contribution >= 0.6 is 23.2 Å². The van der Waals surface area contributed by atoms with Crippen molar-refractivity contribution in [3.8, 4) is 17.5 Å². The first-order valence-electron chi connectivity index (χ1n) is 16.4. The highest BCUT2D eigenvalue weighted by atomic mass is 35.5. The van der Waals surface area contributed by atoms with Crippen molar-refractivity contribution in [2.45, 2.75) is 51.9 Å². The molecule has 13 nitrogen and oxygen atoms in total. The zero-order chi connectivity index (χ0) is 35.7. The van der Waals surface area contributed by atoms with Gasteiger partial charge in [-0.2, -0.15) is 10.2 Å². The van der Waals surface area contributed by atoms with Crippen molar-refractivity contribution >= 4 is 56.8 Å². The van der Waals surface area contributed by atoms with Crippen molar-refractivity contribution < 1.29 is 23.8 Å². The van der Waals surface area contributed by atoms with Crippen molar-refractivity contribution in [3.05, 3.63) is 64.7 Å². The Morgan fingerprint density at radius 1 is 0.820 bits per heavy atom. The van der Waals surface area contributed by atoms with E-state index in [1.54, 1.807) is 28.6 Å². The fourth-order valence-corrected chi connectivity index (χ4v) is 6.71. The van der Waals surface area contributed by atoms with Crippen molar-refractivity contribution in [1.82, 2.24) is 39.7 Å². The van der Waals surface area contributed by atoms with Gasteiger partial charge in [-0.25, -0.2) is 9.97 Å². The molecule has 0 spiro atoms. The summed E-state index contributed by atoms with van der Waals surface area (Å²) in [6.45, 7) is 7.23. The third-order valence-electron chi connectivity index (χ3n) is 9.29. The number of carbonyl (C=O) groups is 2. The molecule has 15 heteroatoms. The SMILES string of the molecule is COc1ccc([C@H](C)N2C[C@H]([C@@H](C)Oc3nc(Cl)cc4nn(C)cc34)CC2=O)cc1.C[C@@H](Oc1nc(Cl)cc2nn(C)cc12)[C@H]1CNC(=O)C1. The maximum Gasteiger partial charge on any atom is 0.226 e. The molecule has 5 atom stereocenters. The summed E-state index contributed by atoms with van der Waals surface area (Å²) in [6, 6.07) is 11.2. The number of hydrogen-bond acceptors (Lipinski definition) is 9. The van der Waals surface area contributed by atoms with E-state index in [1.165, 1.54) is 0 Å². The van der Waals surface area contributed by atoms with E-state index in [9.17, 15) is 9.59 Å². The number of amides is 2. The zero-order valence-corrected chi connectivity index (χ0v) is 30.3. The minimum Gasteiger partial charge on any atom is -0.497 e. The summed E-state index contributed by atoms with van der Waals surface area (Å²) in [5, 5.41) is 13.8. The Hall–Kier alpha value is -4.62. The molecular formula is C35H40Cl2N8O5. The van der Waals surface area contributed by atoms with Gasteiger partial charge in [0.25, 0.3) is 0 Å². The van der Waals surface area contributed by atoms with E-state index < -0.39 is 0 Å². The summed E-state index contributed by atoms with van der Waals surface area (Å²) < 4.78 is 20.7. The molecule has 1 N–H and O–H groups in total. The van der Waals surface area contributed by atoms with Crippen LogP contribution in [0.25, 0.3) is 21.8 Å². The fourth-order valence-electron chi connectivity index (χ4n) is 6.35. The lowest BCUT2D eigenvalue weighted by Gasteiger charge is -2.26. The predicted molar refractivity (Wildman–Crippen MR) is 190 cm³/mol. The van der Waals surface area contributed by atoms with Crippen LogP contribution in [0.15, 0.2) is 48.8 Å². The zero-order valence-electron chi connectivity index (χ0n) is 28.8. The van der Waals surface area contributed by atoms with Crippen molar-refractivity contribution in [2.75, 3.05) is 20.2 Å². The Morgan fingerprint density at radius 3 is 1.86 bits per heavy atom. The van der Waals surface area contributed by atoms with Gasteiger partial charge in [-0.05, 0) is 38.5 Å². The summed E-state index contributed by atoms with van der Waals surface area (Å²) in [5.74, 6) is 2.12. The minimum absolute atomic E-state index is 0.0186. The third-order valence-corrected chi connectivity index (χ3v) is 9.68. The molecular weight excluding hydrogens is 683 g/mol. The van der Waals surface area contributed by atoms with Gasteiger partial charge in [0.05, 0.1) is 23.9 Å². The lowest BCUT2D eigenvalue weighted by molar-refractivity contribution is -0.129. The third kappa shape index (κ3) is 7.73. The normalized spacial score (nSPS) is 19.2. The van der Waals surface area contributed by atoms with Crippen LogP contribution in [0.4, 0.5) is 0 Å². The monoisotopic (exact) mass is 722 g/mol. The van der Waals surface area contributed by atoms with E-state index in [4.69, 9.17) is 37.4 Å². The molecule has 2 saturated heterocycles. The average Bonchev–Trinajstić information content (AvgIpc) is 3.86. The first kappa shape index (κ1) is 35.2. The van der Waals surface area contributed by atoms with E-state index in [1.807, 2.05) is 76.4 Å². The smallest absolute Gasteiger partial charge is 0.226 e. The summed E-state index contributed by atoms with van der Waals surface area (Å²) in [5.41, 5.74) is 2.55. The standard InChI is InChI=1S/C22H25ClN4O3.C13H15ClN4O2/c1-13(15-5-7-17(29-4)8-6-15)27-11-16(9-21(27)28)14(2)30-22-18-12-26(3)25-19(18)10-20(23)24-22;1-7(8-3-12(19)15-5-8)20-13-9-6-18(2)17-10(9)4-11(14)16-13/h5-8,10,12-14,16H,9,11H2,1-4H3;4,6-8H,3,5H2,1-2H3,(H,15,19)/t13-,14+,16+;7-,8-/m01/s1. The molecule has 2 aliphatic heterocycles. The number of aromatic nitrogens is 6. The van der Waals surface area contributed by atoms with Gasteiger partial charge < -0.3 is 24.4 Å². The average molecular weight is 724 g/mol. The first-order chi connectivity index (χ1) is 23.9. The first-order valence-corrected chi connectivity index (χ1v) is 17.2. The number of halogens is 2. The van der Waals surface area contributed by atoms with Crippen LogP contribution in [0.1, 0.15) is 45.2 Å². The van der Waals surface area contributed by atoms with Crippen molar-refractivity contribution in [2.24, 2.45) is 25.9 Å².